The predicted molar refractivity (Wildman–Crippen MR) is 54.4 cm³/mol. The van der Waals surface area contributed by atoms with Crippen LogP contribution in [-0.4, -0.2) is 6.21 Å². The third-order valence-corrected chi connectivity index (χ3v) is 2.12. The lowest BCUT2D eigenvalue weighted by atomic mass is 9.88. The van der Waals surface area contributed by atoms with Crippen molar-refractivity contribution >= 4 is 6.21 Å². The highest BCUT2D eigenvalue weighted by Crippen LogP contribution is 2.23. The minimum atomic E-state index is 0.262. The third kappa shape index (κ3) is 2.65. The molecule has 1 aliphatic rings. The molecule has 0 fully saturated rings. The van der Waals surface area contributed by atoms with Gasteiger partial charge in [-0.25, -0.2) is 0 Å². The maximum atomic E-state index is 4.24. The molecule has 0 aliphatic carbocycles. The summed E-state index contributed by atoms with van der Waals surface area (Å²) in [5, 5.41) is 0. The lowest BCUT2D eigenvalue weighted by Gasteiger charge is -2.18. The first-order chi connectivity index (χ1) is 5.64. The molecule has 1 rings (SSSR count). The van der Waals surface area contributed by atoms with E-state index in [0.717, 1.165) is 12.8 Å². The molecule has 0 atom stereocenters. The van der Waals surface area contributed by atoms with E-state index in [4.69, 9.17) is 0 Å². The Kier molecular flexibility index (Phi) is 2.85. The Morgan fingerprint density at radius 2 is 2.25 bits per heavy atom. The molecule has 0 spiro atoms. The van der Waals surface area contributed by atoms with Crippen LogP contribution < -0.4 is 0 Å². The topological polar surface area (TPSA) is 12.4 Å². The van der Waals surface area contributed by atoms with Crippen LogP contribution in [-0.2, 0) is 0 Å². The molecule has 66 valence electrons. The number of rotatable bonds is 1. The van der Waals surface area contributed by atoms with E-state index < -0.39 is 0 Å². The first kappa shape index (κ1) is 9.24. The second-order valence-electron chi connectivity index (χ2n) is 3.92. The van der Waals surface area contributed by atoms with Crippen LogP contribution in [0.4, 0.5) is 0 Å². The molecule has 0 unspecified atom stereocenters. The summed E-state index contributed by atoms with van der Waals surface area (Å²) < 4.78 is 0. The van der Waals surface area contributed by atoms with Gasteiger partial charge in [0.2, 0.25) is 0 Å². The van der Waals surface area contributed by atoms with Gasteiger partial charge in [-0.05, 0) is 23.8 Å². The van der Waals surface area contributed by atoms with Gasteiger partial charge in [0.15, 0.2) is 0 Å². The third-order valence-electron chi connectivity index (χ3n) is 2.12. The second kappa shape index (κ2) is 3.70. The van der Waals surface area contributed by atoms with Crippen molar-refractivity contribution < 1.29 is 0 Å². The van der Waals surface area contributed by atoms with Crippen molar-refractivity contribution in [2.45, 2.75) is 33.6 Å². The van der Waals surface area contributed by atoms with Gasteiger partial charge in [-0.3, -0.25) is 4.99 Å². The lowest BCUT2D eigenvalue weighted by Crippen LogP contribution is -2.08. The van der Waals surface area contributed by atoms with E-state index in [1.54, 1.807) is 0 Å². The summed E-state index contributed by atoms with van der Waals surface area (Å²) in [6.07, 6.45) is 10.5. The van der Waals surface area contributed by atoms with Gasteiger partial charge in [-0.2, -0.15) is 0 Å². The van der Waals surface area contributed by atoms with Crippen LogP contribution in [0.25, 0.3) is 0 Å². The number of nitrogens with zero attached hydrogens (tertiary/aromatic N) is 1. The summed E-state index contributed by atoms with van der Waals surface area (Å²) in [5.74, 6) is 0. The van der Waals surface area contributed by atoms with E-state index in [0.29, 0.717) is 0 Å². The number of hydrogen-bond acceptors (Lipinski definition) is 1. The molecule has 1 heteroatoms. The summed E-state index contributed by atoms with van der Waals surface area (Å²) in [7, 11) is 0. The molecular weight excluding hydrogens is 146 g/mol. The van der Waals surface area contributed by atoms with Crippen molar-refractivity contribution in [3.63, 3.8) is 0 Å². The van der Waals surface area contributed by atoms with E-state index in [2.05, 4.69) is 37.9 Å². The predicted octanol–water partition coefficient (Wildman–Crippen LogP) is 3.34. The van der Waals surface area contributed by atoms with Crippen LogP contribution in [0.15, 0.2) is 28.9 Å². The monoisotopic (exact) mass is 163 g/mol. The van der Waals surface area contributed by atoms with Crippen LogP contribution in [0.1, 0.15) is 33.6 Å². The van der Waals surface area contributed by atoms with Gasteiger partial charge in [0, 0.05) is 12.4 Å². The number of hydrogen-bond donors (Lipinski definition) is 0. The molecule has 0 aromatic rings. The highest BCUT2D eigenvalue weighted by atomic mass is 14.7. The quantitative estimate of drug-likeness (QED) is 0.562. The second-order valence-corrected chi connectivity index (χ2v) is 3.92. The largest absolute Gasteiger partial charge is 0.269 e. The maximum absolute atomic E-state index is 4.24. The Balaban J connectivity index is 2.83. The van der Waals surface area contributed by atoms with Crippen LogP contribution in [0.5, 0.6) is 0 Å². The zero-order valence-corrected chi connectivity index (χ0v) is 8.17. The van der Waals surface area contributed by atoms with Crippen molar-refractivity contribution in [3.8, 4) is 0 Å². The van der Waals surface area contributed by atoms with Gasteiger partial charge in [0.25, 0.3) is 0 Å². The zero-order chi connectivity index (χ0) is 9.03. The van der Waals surface area contributed by atoms with E-state index in [9.17, 15) is 0 Å². The fourth-order valence-electron chi connectivity index (χ4n) is 1.09. The van der Waals surface area contributed by atoms with E-state index in [-0.39, 0.29) is 5.41 Å². The summed E-state index contributed by atoms with van der Waals surface area (Å²) in [4.78, 5) is 4.24. The molecule has 0 saturated carbocycles. The first-order valence-electron chi connectivity index (χ1n) is 4.54. The van der Waals surface area contributed by atoms with E-state index in [1.165, 1.54) is 5.57 Å². The molecule has 1 heterocycles. The van der Waals surface area contributed by atoms with Crippen LogP contribution >= 0.6 is 0 Å². The fraction of sp³-hybridized carbons (Fsp3) is 0.545. The smallest absolute Gasteiger partial charge is 0.0295 e. The van der Waals surface area contributed by atoms with Gasteiger partial charge in [-0.15, -0.1) is 0 Å². The minimum Gasteiger partial charge on any atom is -0.269 e. The van der Waals surface area contributed by atoms with E-state index >= 15 is 0 Å². The van der Waals surface area contributed by atoms with E-state index in [1.807, 2.05) is 12.4 Å². The van der Waals surface area contributed by atoms with Crippen LogP contribution in [0.3, 0.4) is 0 Å². The molecule has 0 bridgehead atoms. The molecule has 12 heavy (non-hydrogen) atoms. The van der Waals surface area contributed by atoms with Crippen molar-refractivity contribution in [1.82, 2.24) is 0 Å². The fourth-order valence-corrected chi connectivity index (χ4v) is 1.09. The molecule has 0 aromatic heterocycles. The molecule has 0 saturated heterocycles. The van der Waals surface area contributed by atoms with Crippen LogP contribution in [0, 0.1) is 5.41 Å². The number of aliphatic imine (C=N–C) groups is 1. The minimum absolute atomic E-state index is 0.262. The standard InChI is InChI=1S/C11H17N/c1-4-10-5-6-11(2,3)7-8-12-9-10/h5-6,8-9H,4,7H2,1-3H3/b6-5?,10-9-,12-8?. The van der Waals surface area contributed by atoms with Crippen molar-refractivity contribution in [1.29, 1.82) is 0 Å². The Hall–Kier alpha value is -0.850. The highest BCUT2D eigenvalue weighted by molar-refractivity contribution is 5.60. The molecule has 1 aliphatic heterocycles. The SMILES string of the molecule is CC/C1=C/N=CCC(C)(C)C=C1. The molecule has 1 nitrogen and oxygen atoms in total. The van der Waals surface area contributed by atoms with Gasteiger partial charge in [-0.1, -0.05) is 32.9 Å². The Morgan fingerprint density at radius 1 is 1.50 bits per heavy atom. The Labute approximate surface area is 74.9 Å². The number of allylic oxidation sites excluding steroid dienone is 3. The molecule has 0 radical (unpaired) electrons. The maximum Gasteiger partial charge on any atom is 0.0295 e. The van der Waals surface area contributed by atoms with Crippen molar-refractivity contribution in [3.05, 3.63) is 23.9 Å². The lowest BCUT2D eigenvalue weighted by molar-refractivity contribution is 0.507. The first-order valence-corrected chi connectivity index (χ1v) is 4.54. The summed E-state index contributed by atoms with van der Waals surface area (Å²) in [6, 6.07) is 0. The van der Waals surface area contributed by atoms with Crippen molar-refractivity contribution in [2.24, 2.45) is 10.4 Å². The van der Waals surface area contributed by atoms with Gasteiger partial charge < -0.3 is 0 Å². The molecule has 0 aromatic carbocycles. The highest BCUT2D eigenvalue weighted by Gasteiger charge is 2.12. The summed E-state index contributed by atoms with van der Waals surface area (Å²) in [6.45, 7) is 6.61. The zero-order valence-electron chi connectivity index (χ0n) is 8.17. The van der Waals surface area contributed by atoms with Crippen LogP contribution in [0.2, 0.25) is 0 Å². The van der Waals surface area contributed by atoms with Crippen molar-refractivity contribution in [2.75, 3.05) is 0 Å². The summed E-state index contributed by atoms with van der Waals surface area (Å²) >= 11 is 0. The Morgan fingerprint density at radius 3 is 2.92 bits per heavy atom. The van der Waals surface area contributed by atoms with Gasteiger partial charge in [0.1, 0.15) is 0 Å². The van der Waals surface area contributed by atoms with Gasteiger partial charge in [0.05, 0.1) is 0 Å². The normalized spacial score (nSPS) is 25.8. The molecular formula is C11H17N. The average Bonchev–Trinajstić information content (AvgIpc) is 2.00. The molecule has 0 N–H and O–H groups in total. The summed E-state index contributed by atoms with van der Waals surface area (Å²) in [5.41, 5.74) is 1.57. The molecule has 0 amide bonds. The van der Waals surface area contributed by atoms with Gasteiger partial charge >= 0.3 is 0 Å². The average molecular weight is 163 g/mol. The Bertz CT molecular complexity index is 231.